The second kappa shape index (κ2) is 8.62. The molecule has 0 aliphatic rings. The number of aryl methyl sites for hydroxylation is 1. The summed E-state index contributed by atoms with van der Waals surface area (Å²) in [7, 11) is 0. The van der Waals surface area contributed by atoms with Crippen LogP contribution < -0.4 is 15.2 Å². The topological polar surface area (TPSA) is 84.6 Å². The fraction of sp³-hybridized carbons (Fsp3) is 0.0952. The van der Waals surface area contributed by atoms with E-state index in [1.54, 1.807) is 12.1 Å². The van der Waals surface area contributed by atoms with Crippen LogP contribution in [0.4, 0.5) is 5.69 Å². The molecule has 0 saturated carbocycles. The lowest BCUT2D eigenvalue weighted by molar-refractivity contribution is -0.118. The van der Waals surface area contributed by atoms with Crippen molar-refractivity contribution >= 4 is 23.5 Å². The summed E-state index contributed by atoms with van der Waals surface area (Å²) in [6.07, 6.45) is 0. The molecule has 0 spiro atoms. The smallest absolute Gasteiger partial charge is 0.262 e. The predicted molar refractivity (Wildman–Crippen MR) is 109 cm³/mol. The van der Waals surface area contributed by atoms with Gasteiger partial charge in [0.1, 0.15) is 0 Å². The number of aromatic hydroxyl groups is 1. The van der Waals surface area contributed by atoms with Crippen LogP contribution in [-0.2, 0) is 4.79 Å². The predicted octanol–water partition coefficient (Wildman–Crippen LogP) is 4.35. The van der Waals surface area contributed by atoms with Gasteiger partial charge in [-0.25, -0.2) is 0 Å². The third kappa shape index (κ3) is 4.81. The Labute approximate surface area is 162 Å². The molecule has 27 heavy (non-hydrogen) atoms. The minimum absolute atomic E-state index is 0.0172. The van der Waals surface area contributed by atoms with Gasteiger partial charge in [0.15, 0.2) is 18.1 Å². The summed E-state index contributed by atoms with van der Waals surface area (Å²) >= 11 is 1.20. The minimum Gasteiger partial charge on any atom is -0.504 e. The van der Waals surface area contributed by atoms with Gasteiger partial charge in [-0.1, -0.05) is 36.4 Å². The van der Waals surface area contributed by atoms with Gasteiger partial charge < -0.3 is 15.2 Å². The molecular weight excluding hydrogens is 360 g/mol. The zero-order chi connectivity index (χ0) is 19.2. The number of carbonyl (C=O) groups is 1. The van der Waals surface area contributed by atoms with Crippen molar-refractivity contribution < 1.29 is 14.6 Å². The van der Waals surface area contributed by atoms with Crippen molar-refractivity contribution in [3.05, 3.63) is 72.3 Å². The van der Waals surface area contributed by atoms with Crippen LogP contribution in [0.15, 0.2) is 71.6 Å². The maximum atomic E-state index is 12.1. The molecule has 0 saturated heterocycles. The Balaban J connectivity index is 1.61. The third-order valence-corrected chi connectivity index (χ3v) is 4.58. The van der Waals surface area contributed by atoms with Crippen molar-refractivity contribution in [1.29, 1.82) is 0 Å². The van der Waals surface area contributed by atoms with Crippen molar-refractivity contribution in [2.45, 2.75) is 11.8 Å². The number of nitrogens with two attached hydrogens (primary N) is 1. The number of benzene rings is 3. The fourth-order valence-corrected chi connectivity index (χ4v) is 3.10. The van der Waals surface area contributed by atoms with E-state index >= 15 is 0 Å². The normalized spacial score (nSPS) is 10.4. The number of nitrogens with one attached hydrogen (secondary N) is 1. The minimum atomic E-state index is -0.305. The molecule has 1 amide bonds. The van der Waals surface area contributed by atoms with Crippen LogP contribution >= 0.6 is 11.9 Å². The van der Waals surface area contributed by atoms with Gasteiger partial charge in [0.2, 0.25) is 0 Å². The number of hydrogen-bond acceptors (Lipinski definition) is 5. The molecule has 5 nitrogen and oxygen atoms in total. The lowest BCUT2D eigenvalue weighted by atomic mass is 10.1. The van der Waals surface area contributed by atoms with Crippen LogP contribution in [0.1, 0.15) is 5.56 Å². The number of phenols is 1. The largest absolute Gasteiger partial charge is 0.504 e. The van der Waals surface area contributed by atoms with Crippen LogP contribution in [0.25, 0.3) is 11.1 Å². The van der Waals surface area contributed by atoms with Gasteiger partial charge in [-0.3, -0.25) is 9.93 Å². The molecular formula is C21H20N2O3S. The fourth-order valence-electron chi connectivity index (χ4n) is 2.63. The van der Waals surface area contributed by atoms with Crippen molar-refractivity contribution in [2.24, 2.45) is 5.14 Å². The zero-order valence-electron chi connectivity index (χ0n) is 14.8. The molecule has 3 rings (SSSR count). The molecule has 138 valence electrons. The number of ether oxygens (including phenoxy) is 1. The van der Waals surface area contributed by atoms with Gasteiger partial charge in [0.05, 0.1) is 0 Å². The van der Waals surface area contributed by atoms with E-state index < -0.39 is 0 Å². The summed E-state index contributed by atoms with van der Waals surface area (Å²) in [6, 6.07) is 20.4. The first-order valence-electron chi connectivity index (χ1n) is 8.35. The standard InChI is InChI=1S/C21H20N2O3S/c1-14-6-11-19(18(24)12-14)26-13-21(25)23-16-9-7-15(8-10-16)17-4-2-3-5-20(17)27-22/h2-12,24H,13,22H2,1H3,(H,23,25). The van der Waals surface area contributed by atoms with Gasteiger partial charge >= 0.3 is 0 Å². The summed E-state index contributed by atoms with van der Waals surface area (Å²) in [5.74, 6) is -0.00813. The molecule has 0 bridgehead atoms. The number of rotatable bonds is 6. The second-order valence-electron chi connectivity index (χ2n) is 6.00. The molecule has 4 N–H and O–H groups in total. The highest BCUT2D eigenvalue weighted by atomic mass is 32.2. The first-order chi connectivity index (χ1) is 13.1. The van der Waals surface area contributed by atoms with E-state index in [0.717, 1.165) is 21.6 Å². The van der Waals surface area contributed by atoms with E-state index in [4.69, 9.17) is 9.88 Å². The maximum Gasteiger partial charge on any atom is 0.262 e. The summed E-state index contributed by atoms with van der Waals surface area (Å²) in [5, 5.41) is 18.3. The number of carbonyl (C=O) groups excluding carboxylic acids is 1. The summed E-state index contributed by atoms with van der Waals surface area (Å²) in [6.45, 7) is 1.68. The number of hydrogen-bond donors (Lipinski definition) is 3. The first kappa shape index (κ1) is 18.8. The summed E-state index contributed by atoms with van der Waals surface area (Å²) in [5.41, 5.74) is 3.64. The lowest BCUT2D eigenvalue weighted by Crippen LogP contribution is -2.20. The monoisotopic (exact) mass is 380 g/mol. The summed E-state index contributed by atoms with van der Waals surface area (Å²) in [4.78, 5) is 13.1. The van der Waals surface area contributed by atoms with E-state index in [0.29, 0.717) is 5.69 Å². The molecule has 3 aromatic carbocycles. The molecule has 0 fully saturated rings. The van der Waals surface area contributed by atoms with Gasteiger partial charge in [-0.15, -0.1) is 0 Å². The number of anilines is 1. The van der Waals surface area contributed by atoms with E-state index in [2.05, 4.69) is 5.32 Å². The van der Waals surface area contributed by atoms with Crippen LogP contribution in [0.5, 0.6) is 11.5 Å². The average molecular weight is 380 g/mol. The molecule has 0 aliphatic carbocycles. The summed E-state index contributed by atoms with van der Waals surface area (Å²) < 4.78 is 5.37. The number of phenolic OH excluding ortho intramolecular Hbond substituents is 1. The Hall–Kier alpha value is -2.96. The maximum absolute atomic E-state index is 12.1. The van der Waals surface area contributed by atoms with Crippen molar-refractivity contribution in [3.8, 4) is 22.6 Å². The van der Waals surface area contributed by atoms with Gasteiger partial charge in [-0.2, -0.15) is 0 Å². The van der Waals surface area contributed by atoms with Crippen LogP contribution in [0.2, 0.25) is 0 Å². The first-order valence-corrected chi connectivity index (χ1v) is 9.23. The Kier molecular flexibility index (Phi) is 6.01. The van der Waals surface area contributed by atoms with Crippen LogP contribution in [0.3, 0.4) is 0 Å². The highest BCUT2D eigenvalue weighted by Gasteiger charge is 2.08. The molecule has 0 unspecified atom stereocenters. The van der Waals surface area contributed by atoms with Gasteiger partial charge in [-0.05, 0) is 65.9 Å². The third-order valence-electron chi connectivity index (χ3n) is 3.97. The second-order valence-corrected chi connectivity index (χ2v) is 6.67. The number of amides is 1. The molecule has 0 radical (unpaired) electrons. The van der Waals surface area contributed by atoms with E-state index in [1.807, 2.05) is 61.5 Å². The zero-order valence-corrected chi connectivity index (χ0v) is 15.6. The molecule has 0 aromatic heterocycles. The highest BCUT2D eigenvalue weighted by molar-refractivity contribution is 7.97. The van der Waals surface area contributed by atoms with E-state index in [9.17, 15) is 9.90 Å². The lowest BCUT2D eigenvalue weighted by Gasteiger charge is -2.10. The molecule has 0 heterocycles. The Morgan fingerprint density at radius 2 is 1.85 bits per heavy atom. The molecule has 0 atom stereocenters. The Morgan fingerprint density at radius 1 is 1.11 bits per heavy atom. The molecule has 0 aliphatic heterocycles. The molecule has 6 heteroatoms. The van der Waals surface area contributed by atoms with Gasteiger partial charge in [0.25, 0.3) is 5.91 Å². The van der Waals surface area contributed by atoms with Gasteiger partial charge in [0, 0.05) is 10.6 Å². The van der Waals surface area contributed by atoms with Crippen LogP contribution in [-0.4, -0.2) is 17.6 Å². The van der Waals surface area contributed by atoms with Crippen LogP contribution in [0, 0.1) is 6.92 Å². The highest BCUT2D eigenvalue weighted by Crippen LogP contribution is 2.29. The molecule has 3 aromatic rings. The van der Waals surface area contributed by atoms with Crippen molar-refractivity contribution in [2.75, 3.05) is 11.9 Å². The van der Waals surface area contributed by atoms with Crippen molar-refractivity contribution in [1.82, 2.24) is 0 Å². The SMILES string of the molecule is Cc1ccc(OCC(=O)Nc2ccc(-c3ccccc3SN)cc2)c(O)c1. The Morgan fingerprint density at radius 3 is 2.56 bits per heavy atom. The quantitative estimate of drug-likeness (QED) is 0.554. The van der Waals surface area contributed by atoms with E-state index in [1.165, 1.54) is 11.9 Å². The average Bonchev–Trinajstić information content (AvgIpc) is 2.68. The Bertz CT molecular complexity index is 942. The van der Waals surface area contributed by atoms with E-state index in [-0.39, 0.29) is 24.0 Å². The van der Waals surface area contributed by atoms with Crippen molar-refractivity contribution in [3.63, 3.8) is 0 Å².